The molecular weight excluding hydrogens is 210 g/mol. The highest BCUT2D eigenvalue weighted by Gasteiger charge is 2.45. The van der Waals surface area contributed by atoms with Crippen molar-refractivity contribution in [3.63, 3.8) is 0 Å². The van der Waals surface area contributed by atoms with Crippen LogP contribution in [0.5, 0.6) is 0 Å². The first-order chi connectivity index (χ1) is 7.72. The third-order valence-electron chi connectivity index (χ3n) is 4.77. The Morgan fingerprint density at radius 3 is 2.41 bits per heavy atom. The topological polar surface area (TPSA) is 46.2 Å². The van der Waals surface area contributed by atoms with Crippen LogP contribution in [0.1, 0.15) is 79.1 Å². The van der Waals surface area contributed by atoms with E-state index in [0.29, 0.717) is 5.41 Å². The summed E-state index contributed by atoms with van der Waals surface area (Å²) < 4.78 is 0. The van der Waals surface area contributed by atoms with Crippen molar-refractivity contribution in [3.8, 4) is 0 Å². The molecule has 0 aliphatic heterocycles. The van der Waals surface area contributed by atoms with Gasteiger partial charge in [-0.15, -0.1) is 0 Å². The Kier molecular flexibility index (Phi) is 4.65. The van der Waals surface area contributed by atoms with Gasteiger partial charge in [0, 0.05) is 5.54 Å². The summed E-state index contributed by atoms with van der Waals surface area (Å²) in [6.45, 7) is 8.83. The Balaban J connectivity index is 2.72. The fourth-order valence-corrected chi connectivity index (χ4v) is 3.00. The minimum atomic E-state index is -0.657. The lowest BCUT2D eigenvalue weighted by molar-refractivity contribution is -0.0473. The van der Waals surface area contributed by atoms with Crippen molar-refractivity contribution in [1.29, 1.82) is 0 Å². The average molecular weight is 241 g/mol. The van der Waals surface area contributed by atoms with Crippen LogP contribution in [-0.2, 0) is 0 Å². The van der Waals surface area contributed by atoms with Crippen molar-refractivity contribution >= 4 is 0 Å². The molecular formula is C15H31NO. The molecule has 2 nitrogen and oxygen atoms in total. The van der Waals surface area contributed by atoms with E-state index in [4.69, 9.17) is 5.73 Å². The van der Waals surface area contributed by atoms with Gasteiger partial charge in [0.15, 0.2) is 0 Å². The molecule has 1 rings (SSSR count). The van der Waals surface area contributed by atoms with E-state index in [2.05, 4.69) is 20.8 Å². The predicted molar refractivity (Wildman–Crippen MR) is 73.9 cm³/mol. The summed E-state index contributed by atoms with van der Waals surface area (Å²) in [7, 11) is 0. The number of hydrogen-bond donors (Lipinski definition) is 2. The monoisotopic (exact) mass is 241 g/mol. The second-order valence-electron chi connectivity index (χ2n) is 7.07. The number of nitrogens with two attached hydrogens (primary N) is 1. The second kappa shape index (κ2) is 5.27. The number of aliphatic hydroxyl groups is 1. The maximum Gasteiger partial charge on any atom is 0.0823 e. The molecule has 1 fully saturated rings. The molecule has 2 heteroatoms. The minimum absolute atomic E-state index is 0.366. The molecule has 0 spiro atoms. The van der Waals surface area contributed by atoms with Gasteiger partial charge in [-0.25, -0.2) is 0 Å². The average Bonchev–Trinajstić information content (AvgIpc) is 2.36. The standard InChI is InChI=1S/C15H31NO/c1-5-6-9-14(4,16)15(17)10-7-8-13(2,3)11-12-15/h17H,5-12,16H2,1-4H3. The zero-order valence-electron chi connectivity index (χ0n) is 12.2. The van der Waals surface area contributed by atoms with E-state index in [0.717, 1.165) is 44.9 Å². The van der Waals surface area contributed by atoms with Crippen molar-refractivity contribution < 1.29 is 5.11 Å². The first-order valence-corrected chi connectivity index (χ1v) is 7.24. The van der Waals surface area contributed by atoms with E-state index in [9.17, 15) is 5.11 Å². The summed E-state index contributed by atoms with van der Waals surface area (Å²) >= 11 is 0. The summed E-state index contributed by atoms with van der Waals surface area (Å²) in [5.41, 5.74) is 5.70. The highest BCUT2D eigenvalue weighted by Crippen LogP contribution is 2.43. The zero-order valence-corrected chi connectivity index (χ0v) is 12.2. The molecule has 0 aromatic carbocycles. The minimum Gasteiger partial charge on any atom is -0.388 e. The largest absolute Gasteiger partial charge is 0.388 e. The van der Waals surface area contributed by atoms with E-state index in [1.807, 2.05) is 6.92 Å². The van der Waals surface area contributed by atoms with E-state index in [1.165, 1.54) is 6.42 Å². The first-order valence-electron chi connectivity index (χ1n) is 7.24. The molecule has 3 N–H and O–H groups in total. The third-order valence-corrected chi connectivity index (χ3v) is 4.77. The summed E-state index contributed by atoms with van der Waals surface area (Å²) in [6, 6.07) is 0. The van der Waals surface area contributed by atoms with Crippen LogP contribution in [0.25, 0.3) is 0 Å². The fourth-order valence-electron chi connectivity index (χ4n) is 3.00. The molecule has 0 amide bonds. The van der Waals surface area contributed by atoms with Gasteiger partial charge in [-0.3, -0.25) is 0 Å². The van der Waals surface area contributed by atoms with Crippen LogP contribution in [0.15, 0.2) is 0 Å². The van der Waals surface area contributed by atoms with Crippen molar-refractivity contribution in [1.82, 2.24) is 0 Å². The van der Waals surface area contributed by atoms with Gasteiger partial charge in [0.1, 0.15) is 0 Å². The summed E-state index contributed by atoms with van der Waals surface area (Å²) in [4.78, 5) is 0. The quantitative estimate of drug-likeness (QED) is 0.739. The Hall–Kier alpha value is -0.0800. The smallest absolute Gasteiger partial charge is 0.0823 e. The van der Waals surface area contributed by atoms with Crippen LogP contribution >= 0.6 is 0 Å². The Morgan fingerprint density at radius 1 is 1.18 bits per heavy atom. The third kappa shape index (κ3) is 3.69. The molecule has 1 aliphatic carbocycles. The lowest BCUT2D eigenvalue weighted by Crippen LogP contribution is -2.58. The molecule has 102 valence electrons. The fraction of sp³-hybridized carbons (Fsp3) is 1.00. The molecule has 0 aromatic heterocycles. The Labute approximate surface area is 107 Å². The SMILES string of the molecule is CCCCC(C)(N)C1(O)CCCC(C)(C)CC1. The first kappa shape index (κ1) is 15.0. The molecule has 0 aromatic rings. The van der Waals surface area contributed by atoms with Gasteiger partial charge in [0.2, 0.25) is 0 Å². The predicted octanol–water partition coefficient (Wildman–Crippen LogP) is 3.62. The van der Waals surface area contributed by atoms with Gasteiger partial charge in [-0.05, 0) is 50.9 Å². The maximum atomic E-state index is 10.9. The van der Waals surface area contributed by atoms with Crippen molar-refractivity contribution in [2.24, 2.45) is 11.1 Å². The van der Waals surface area contributed by atoms with Crippen LogP contribution in [-0.4, -0.2) is 16.2 Å². The lowest BCUT2D eigenvalue weighted by Gasteiger charge is -2.42. The molecule has 2 unspecified atom stereocenters. The molecule has 0 radical (unpaired) electrons. The van der Waals surface area contributed by atoms with Gasteiger partial charge in [-0.2, -0.15) is 0 Å². The Bertz CT molecular complexity index is 247. The van der Waals surface area contributed by atoms with Gasteiger partial charge in [0.05, 0.1) is 5.60 Å². The van der Waals surface area contributed by atoms with E-state index < -0.39 is 11.1 Å². The highest BCUT2D eigenvalue weighted by atomic mass is 16.3. The molecule has 17 heavy (non-hydrogen) atoms. The molecule has 0 heterocycles. The normalized spacial score (nSPS) is 32.8. The molecule has 0 bridgehead atoms. The van der Waals surface area contributed by atoms with Crippen LogP contribution in [0.2, 0.25) is 0 Å². The zero-order chi connectivity index (χ0) is 13.2. The number of hydrogen-bond acceptors (Lipinski definition) is 2. The van der Waals surface area contributed by atoms with E-state index >= 15 is 0 Å². The molecule has 2 atom stereocenters. The second-order valence-corrected chi connectivity index (χ2v) is 7.07. The van der Waals surface area contributed by atoms with Gasteiger partial charge < -0.3 is 10.8 Å². The van der Waals surface area contributed by atoms with Crippen LogP contribution in [0.3, 0.4) is 0 Å². The van der Waals surface area contributed by atoms with Gasteiger partial charge in [0.25, 0.3) is 0 Å². The van der Waals surface area contributed by atoms with Crippen LogP contribution in [0, 0.1) is 5.41 Å². The molecule has 0 saturated heterocycles. The number of unbranched alkanes of at least 4 members (excludes halogenated alkanes) is 1. The van der Waals surface area contributed by atoms with Gasteiger partial charge >= 0.3 is 0 Å². The Morgan fingerprint density at radius 2 is 1.82 bits per heavy atom. The van der Waals surface area contributed by atoms with E-state index in [1.54, 1.807) is 0 Å². The van der Waals surface area contributed by atoms with E-state index in [-0.39, 0.29) is 0 Å². The van der Waals surface area contributed by atoms with Crippen molar-refractivity contribution in [3.05, 3.63) is 0 Å². The van der Waals surface area contributed by atoms with Crippen LogP contribution < -0.4 is 5.73 Å². The summed E-state index contributed by atoms with van der Waals surface area (Å²) in [5.74, 6) is 0. The van der Waals surface area contributed by atoms with Crippen molar-refractivity contribution in [2.75, 3.05) is 0 Å². The van der Waals surface area contributed by atoms with Gasteiger partial charge in [-0.1, -0.05) is 33.6 Å². The summed E-state index contributed by atoms with van der Waals surface area (Å²) in [6.07, 6.45) is 8.31. The molecule has 1 aliphatic rings. The maximum absolute atomic E-state index is 10.9. The molecule has 1 saturated carbocycles. The number of rotatable bonds is 4. The summed E-state index contributed by atoms with van der Waals surface area (Å²) in [5, 5.41) is 10.9. The lowest BCUT2D eigenvalue weighted by atomic mass is 9.73. The van der Waals surface area contributed by atoms with Crippen LogP contribution in [0.4, 0.5) is 0 Å². The highest BCUT2D eigenvalue weighted by molar-refractivity contribution is 5.02. The van der Waals surface area contributed by atoms with Crippen molar-refractivity contribution in [2.45, 2.75) is 90.2 Å².